The van der Waals surface area contributed by atoms with Crippen LogP contribution in [0.4, 0.5) is 4.39 Å². The third-order valence-corrected chi connectivity index (χ3v) is 6.83. The number of nitrogens with zero attached hydrogens (tertiary/aromatic N) is 4. The van der Waals surface area contributed by atoms with Crippen LogP contribution in [0.1, 0.15) is 33.1 Å². The van der Waals surface area contributed by atoms with Gasteiger partial charge < -0.3 is 18.8 Å². The normalized spacial score (nSPS) is 11.2. The topological polar surface area (TPSA) is 103 Å². The fourth-order valence-corrected chi connectivity index (χ4v) is 4.67. The monoisotopic (exact) mass is 568 g/mol. The van der Waals surface area contributed by atoms with Gasteiger partial charge in [0.2, 0.25) is 5.88 Å². The molecule has 3 aromatic heterocycles. The maximum absolute atomic E-state index is 14.1. The molecule has 41 heavy (non-hydrogen) atoms. The van der Waals surface area contributed by atoms with Gasteiger partial charge in [0.25, 0.3) is 0 Å². The molecule has 0 atom stereocenters. The minimum atomic E-state index is -1.00. The Labute approximate surface area is 238 Å². The summed E-state index contributed by atoms with van der Waals surface area (Å²) >= 11 is 5.83. The first kappa shape index (κ1) is 26.2. The van der Waals surface area contributed by atoms with Crippen molar-refractivity contribution in [3.63, 3.8) is 0 Å². The number of carboxylic acids is 1. The molecule has 10 heteroatoms. The maximum Gasteiger partial charge on any atom is 0.335 e. The Kier molecular flexibility index (Phi) is 7.18. The van der Waals surface area contributed by atoms with Crippen molar-refractivity contribution in [1.82, 2.24) is 19.5 Å². The second-order valence-corrected chi connectivity index (χ2v) is 9.79. The summed E-state index contributed by atoms with van der Waals surface area (Å²) in [6, 6.07) is 22.7. The molecular weight excluding hydrogens is 547 g/mol. The molecule has 0 aliphatic heterocycles. The molecule has 0 spiro atoms. The summed E-state index contributed by atoms with van der Waals surface area (Å²) in [6.07, 6.45) is 3.50. The Bertz CT molecular complexity index is 1850. The Hall–Kier alpha value is -5.02. The number of rotatable bonds is 9. The summed E-state index contributed by atoms with van der Waals surface area (Å²) < 4.78 is 27.2. The van der Waals surface area contributed by atoms with Gasteiger partial charge in [-0.05, 0) is 42.0 Å². The molecule has 1 N–H and O–H groups in total. The minimum Gasteiger partial charge on any atom is -0.478 e. The molecule has 0 amide bonds. The minimum absolute atomic E-state index is 0.0292. The van der Waals surface area contributed by atoms with Crippen molar-refractivity contribution in [3.05, 3.63) is 131 Å². The van der Waals surface area contributed by atoms with E-state index in [4.69, 9.17) is 25.7 Å². The van der Waals surface area contributed by atoms with E-state index in [0.29, 0.717) is 51.9 Å². The number of pyridine rings is 1. The highest BCUT2D eigenvalue weighted by Gasteiger charge is 2.16. The molecule has 0 radical (unpaired) electrons. The van der Waals surface area contributed by atoms with Crippen LogP contribution in [0, 0.1) is 5.82 Å². The van der Waals surface area contributed by atoms with Crippen LogP contribution in [0.2, 0.25) is 5.02 Å². The average molecular weight is 569 g/mol. The average Bonchev–Trinajstić information content (AvgIpc) is 3.61. The zero-order valence-corrected chi connectivity index (χ0v) is 22.3. The molecule has 0 bridgehead atoms. The van der Waals surface area contributed by atoms with Crippen LogP contribution >= 0.6 is 11.6 Å². The van der Waals surface area contributed by atoms with E-state index in [-0.39, 0.29) is 12.2 Å². The summed E-state index contributed by atoms with van der Waals surface area (Å²) in [7, 11) is 0. The zero-order valence-electron chi connectivity index (χ0n) is 21.5. The van der Waals surface area contributed by atoms with Gasteiger partial charge in [-0.1, -0.05) is 48.0 Å². The number of fused-ring (bicyclic) bond motifs is 1. The van der Waals surface area contributed by atoms with Crippen molar-refractivity contribution in [2.45, 2.75) is 19.6 Å². The largest absolute Gasteiger partial charge is 0.478 e. The smallest absolute Gasteiger partial charge is 0.335 e. The summed E-state index contributed by atoms with van der Waals surface area (Å²) in [6.45, 7) is 0.394. The van der Waals surface area contributed by atoms with Crippen LogP contribution in [0.5, 0.6) is 5.88 Å². The maximum atomic E-state index is 14.1. The summed E-state index contributed by atoms with van der Waals surface area (Å²) in [4.78, 5) is 24.9. The molecule has 0 fully saturated rings. The van der Waals surface area contributed by atoms with Crippen molar-refractivity contribution < 1.29 is 23.4 Å². The second kappa shape index (κ2) is 11.2. The Morgan fingerprint density at radius 2 is 1.88 bits per heavy atom. The Morgan fingerprint density at radius 1 is 1.02 bits per heavy atom. The van der Waals surface area contributed by atoms with E-state index >= 15 is 0 Å². The Balaban J connectivity index is 1.22. The molecule has 6 rings (SSSR count). The molecule has 0 aliphatic carbocycles. The lowest BCUT2D eigenvalue weighted by Crippen LogP contribution is -2.06. The number of carbonyl (C=O) groups is 1. The molecule has 8 nitrogen and oxygen atoms in total. The number of hydrogen-bond acceptors (Lipinski definition) is 6. The highest BCUT2D eigenvalue weighted by Crippen LogP contribution is 2.25. The third-order valence-electron chi connectivity index (χ3n) is 6.60. The predicted molar refractivity (Wildman–Crippen MR) is 151 cm³/mol. The summed E-state index contributed by atoms with van der Waals surface area (Å²) in [5.41, 5.74) is 4.58. The number of oxazole rings is 1. The number of aromatic nitrogens is 4. The van der Waals surface area contributed by atoms with E-state index < -0.39 is 11.8 Å². The number of halogens is 2. The highest BCUT2D eigenvalue weighted by atomic mass is 35.5. The van der Waals surface area contributed by atoms with Gasteiger partial charge >= 0.3 is 5.97 Å². The van der Waals surface area contributed by atoms with Crippen molar-refractivity contribution in [1.29, 1.82) is 0 Å². The van der Waals surface area contributed by atoms with E-state index in [9.17, 15) is 14.3 Å². The molecule has 0 saturated carbocycles. The zero-order chi connectivity index (χ0) is 28.3. The van der Waals surface area contributed by atoms with Crippen molar-refractivity contribution in [2.24, 2.45) is 0 Å². The van der Waals surface area contributed by atoms with Gasteiger partial charge in [0.15, 0.2) is 6.39 Å². The number of aromatic carboxylic acids is 1. The summed E-state index contributed by atoms with van der Waals surface area (Å²) in [5.74, 6) is 0.337. The molecule has 3 heterocycles. The van der Waals surface area contributed by atoms with Crippen LogP contribution in [0.3, 0.4) is 0 Å². The summed E-state index contributed by atoms with van der Waals surface area (Å²) in [5, 5.41) is 9.81. The molecule has 0 aliphatic rings. The fourth-order valence-electron chi connectivity index (χ4n) is 4.52. The van der Waals surface area contributed by atoms with E-state index in [1.165, 1.54) is 12.5 Å². The lowest BCUT2D eigenvalue weighted by atomic mass is 10.1. The van der Waals surface area contributed by atoms with Crippen LogP contribution < -0.4 is 4.74 Å². The van der Waals surface area contributed by atoms with E-state index in [1.54, 1.807) is 42.6 Å². The number of carboxylic acid groups (broad SMARTS) is 1. The molecular formula is C31H22ClFN4O4. The number of ether oxygens (including phenoxy) is 1. The van der Waals surface area contributed by atoms with Crippen LogP contribution in [-0.2, 0) is 19.6 Å². The second-order valence-electron chi connectivity index (χ2n) is 9.35. The first-order chi connectivity index (χ1) is 19.9. The molecule has 204 valence electrons. The lowest BCUT2D eigenvalue weighted by molar-refractivity contribution is 0.0697. The number of hydrogen-bond donors (Lipinski definition) is 1. The van der Waals surface area contributed by atoms with E-state index in [0.717, 1.165) is 17.0 Å². The fraction of sp³-hybridized carbons (Fsp3) is 0.0968. The van der Waals surface area contributed by atoms with E-state index in [2.05, 4.69) is 9.97 Å². The van der Waals surface area contributed by atoms with Gasteiger partial charge in [-0.3, -0.25) is 0 Å². The standard InChI is InChI=1S/C31H22ClFN4O4/c32-23-10-8-22(25(33)14-23)17-40-30-3-1-2-26(36-30)20-6-4-19(5-7-20)12-29-35-27-11-9-21(31(38)39)13-28(27)37(29)16-24-15-34-18-41-24/h1-11,13-15,18H,12,16-17H2,(H,38,39). The molecule has 0 saturated heterocycles. The van der Waals surface area contributed by atoms with Gasteiger partial charge in [-0.25, -0.2) is 24.1 Å². The predicted octanol–water partition coefficient (Wildman–Crippen LogP) is 6.80. The van der Waals surface area contributed by atoms with Crippen LogP contribution in [0.15, 0.2) is 95.9 Å². The molecule has 6 aromatic rings. The van der Waals surface area contributed by atoms with Crippen molar-refractivity contribution in [2.75, 3.05) is 0 Å². The van der Waals surface area contributed by atoms with Gasteiger partial charge in [-0.2, -0.15) is 0 Å². The van der Waals surface area contributed by atoms with Gasteiger partial charge in [-0.15, -0.1) is 0 Å². The SMILES string of the molecule is O=C(O)c1ccc2nc(Cc3ccc(-c4cccc(OCc5ccc(Cl)cc5F)n4)cc3)n(Cc3cnco3)c2c1. The number of imidazole rings is 1. The van der Waals surface area contributed by atoms with Gasteiger partial charge in [0, 0.05) is 28.6 Å². The third kappa shape index (κ3) is 5.80. The molecule has 0 unspecified atom stereocenters. The quantitative estimate of drug-likeness (QED) is 0.205. The van der Waals surface area contributed by atoms with Crippen LogP contribution in [0.25, 0.3) is 22.3 Å². The first-order valence-corrected chi connectivity index (χ1v) is 13.0. The van der Waals surface area contributed by atoms with Gasteiger partial charge in [0.05, 0.1) is 35.0 Å². The Morgan fingerprint density at radius 3 is 2.63 bits per heavy atom. The van der Waals surface area contributed by atoms with Crippen molar-refractivity contribution in [3.8, 4) is 17.1 Å². The van der Waals surface area contributed by atoms with E-state index in [1.807, 2.05) is 41.0 Å². The molecule has 3 aromatic carbocycles. The lowest BCUT2D eigenvalue weighted by Gasteiger charge is -2.10. The van der Waals surface area contributed by atoms with Crippen LogP contribution in [-0.4, -0.2) is 30.6 Å². The highest BCUT2D eigenvalue weighted by molar-refractivity contribution is 6.30. The number of benzene rings is 3. The van der Waals surface area contributed by atoms with Gasteiger partial charge in [0.1, 0.15) is 24.0 Å². The first-order valence-electron chi connectivity index (χ1n) is 12.7. The van der Waals surface area contributed by atoms with Crippen molar-refractivity contribution >= 4 is 28.6 Å².